The zero-order chi connectivity index (χ0) is 18.5. The Kier molecular flexibility index (Phi) is 5.89. The van der Waals surface area contributed by atoms with Gasteiger partial charge in [-0.1, -0.05) is 35.9 Å². The summed E-state index contributed by atoms with van der Waals surface area (Å²) in [7, 11) is 3.15. The van der Waals surface area contributed by atoms with E-state index in [2.05, 4.69) is 17.4 Å². The van der Waals surface area contributed by atoms with Crippen LogP contribution in [-0.2, 0) is 17.8 Å². The maximum Gasteiger partial charge on any atom is 0.224 e. The Balaban J connectivity index is 1.58. The third kappa shape index (κ3) is 4.05. The van der Waals surface area contributed by atoms with Crippen molar-refractivity contribution in [3.63, 3.8) is 0 Å². The molecule has 2 aromatic rings. The second-order valence-electron chi connectivity index (χ2n) is 6.20. The highest BCUT2D eigenvalue weighted by molar-refractivity contribution is 6.32. The van der Waals surface area contributed by atoms with E-state index in [9.17, 15) is 4.79 Å². The van der Waals surface area contributed by atoms with E-state index in [-0.39, 0.29) is 5.91 Å². The molecule has 1 aliphatic rings. The van der Waals surface area contributed by atoms with E-state index >= 15 is 0 Å². The van der Waals surface area contributed by atoms with E-state index in [1.807, 2.05) is 17.0 Å². The first-order valence-electron chi connectivity index (χ1n) is 8.62. The Morgan fingerprint density at radius 2 is 1.88 bits per heavy atom. The average molecular weight is 375 g/mol. The van der Waals surface area contributed by atoms with Crippen LogP contribution in [0.2, 0.25) is 5.02 Å². The minimum absolute atomic E-state index is 0.145. The first-order valence-corrected chi connectivity index (χ1v) is 9.00. The summed E-state index contributed by atoms with van der Waals surface area (Å²) in [5, 5.41) is 3.73. The number of nitrogens with zero attached hydrogens (tertiary/aromatic N) is 1. The molecule has 3 rings (SSSR count). The molecule has 138 valence electrons. The minimum Gasteiger partial charge on any atom is -0.495 e. The Morgan fingerprint density at radius 3 is 2.62 bits per heavy atom. The smallest absolute Gasteiger partial charge is 0.224 e. The molecule has 1 amide bonds. The predicted molar refractivity (Wildman–Crippen MR) is 103 cm³/mol. The molecule has 0 unspecified atom stereocenters. The van der Waals surface area contributed by atoms with Crippen LogP contribution in [0.3, 0.4) is 0 Å². The molecule has 0 saturated carbocycles. The van der Waals surface area contributed by atoms with Crippen LogP contribution in [0.1, 0.15) is 17.5 Å². The lowest BCUT2D eigenvalue weighted by molar-refractivity contribution is -0.131. The molecule has 1 N–H and O–H groups in total. The van der Waals surface area contributed by atoms with Crippen molar-refractivity contribution in [1.82, 2.24) is 4.90 Å². The van der Waals surface area contributed by atoms with Gasteiger partial charge in [-0.25, -0.2) is 0 Å². The van der Waals surface area contributed by atoms with Gasteiger partial charge in [0.05, 0.1) is 24.9 Å². The molecule has 5 nitrogen and oxygen atoms in total. The number of benzene rings is 2. The van der Waals surface area contributed by atoms with E-state index < -0.39 is 0 Å². The van der Waals surface area contributed by atoms with Crippen LogP contribution >= 0.6 is 11.6 Å². The number of rotatable bonds is 6. The normalized spacial score (nSPS) is 13.1. The van der Waals surface area contributed by atoms with Gasteiger partial charge in [-0.3, -0.25) is 4.79 Å². The van der Waals surface area contributed by atoms with Gasteiger partial charge in [0, 0.05) is 38.2 Å². The Morgan fingerprint density at radius 1 is 1.15 bits per heavy atom. The van der Waals surface area contributed by atoms with Crippen LogP contribution < -0.4 is 14.8 Å². The second kappa shape index (κ2) is 8.32. The lowest BCUT2D eigenvalue weighted by Crippen LogP contribution is -2.36. The van der Waals surface area contributed by atoms with Gasteiger partial charge in [0.1, 0.15) is 11.5 Å². The molecule has 0 saturated heterocycles. The topological polar surface area (TPSA) is 50.8 Å². The molecule has 0 aromatic heterocycles. The molecule has 26 heavy (non-hydrogen) atoms. The molecular formula is C20H23ClN2O3. The van der Waals surface area contributed by atoms with E-state index in [1.165, 1.54) is 11.1 Å². The van der Waals surface area contributed by atoms with Crippen LogP contribution in [0.25, 0.3) is 0 Å². The fourth-order valence-corrected chi connectivity index (χ4v) is 3.40. The van der Waals surface area contributed by atoms with E-state index in [4.69, 9.17) is 21.1 Å². The van der Waals surface area contributed by atoms with Crippen LogP contribution in [0.5, 0.6) is 11.5 Å². The van der Waals surface area contributed by atoms with Gasteiger partial charge in [-0.15, -0.1) is 0 Å². The van der Waals surface area contributed by atoms with Gasteiger partial charge in [-0.05, 0) is 17.5 Å². The highest BCUT2D eigenvalue weighted by atomic mass is 35.5. The fourth-order valence-electron chi connectivity index (χ4n) is 3.17. The van der Waals surface area contributed by atoms with Gasteiger partial charge < -0.3 is 19.7 Å². The molecule has 2 aromatic carbocycles. The molecule has 0 spiro atoms. The number of methoxy groups -OCH3 is 2. The Hall–Kier alpha value is -2.40. The van der Waals surface area contributed by atoms with E-state index in [1.54, 1.807) is 26.4 Å². The largest absolute Gasteiger partial charge is 0.495 e. The second-order valence-corrected chi connectivity index (χ2v) is 6.61. The highest BCUT2D eigenvalue weighted by Gasteiger charge is 2.20. The molecule has 0 fully saturated rings. The van der Waals surface area contributed by atoms with Crippen molar-refractivity contribution in [3.8, 4) is 11.5 Å². The number of carbonyl (C=O) groups excluding carboxylic acids is 1. The molecule has 0 aliphatic carbocycles. The molecule has 1 heterocycles. The van der Waals surface area contributed by atoms with Crippen molar-refractivity contribution in [1.29, 1.82) is 0 Å². The van der Waals surface area contributed by atoms with Crippen molar-refractivity contribution in [3.05, 3.63) is 52.5 Å². The molecule has 0 bridgehead atoms. The summed E-state index contributed by atoms with van der Waals surface area (Å²) in [6.07, 6.45) is 1.33. The van der Waals surface area contributed by atoms with Gasteiger partial charge >= 0.3 is 0 Å². The lowest BCUT2D eigenvalue weighted by atomic mass is 10.00. The fraction of sp³-hybridized carbons (Fsp3) is 0.350. The maximum absolute atomic E-state index is 12.5. The number of fused-ring (bicyclic) bond motifs is 1. The third-order valence-corrected chi connectivity index (χ3v) is 4.91. The van der Waals surface area contributed by atoms with Crippen molar-refractivity contribution < 1.29 is 14.3 Å². The summed E-state index contributed by atoms with van der Waals surface area (Å²) < 4.78 is 10.6. The quantitative estimate of drug-likeness (QED) is 0.836. The standard InChI is InChI=1S/C20H23ClN2O3/c1-25-18-12-17(19(26-2)11-16(18)21)22-9-7-20(24)23-10-8-14-5-3-4-6-15(14)13-23/h3-6,11-12,22H,7-10,13H2,1-2H3. The van der Waals surface area contributed by atoms with E-state index in [0.29, 0.717) is 36.0 Å². The summed E-state index contributed by atoms with van der Waals surface area (Å²) in [4.78, 5) is 14.5. The summed E-state index contributed by atoms with van der Waals surface area (Å²) in [5.74, 6) is 1.33. The summed E-state index contributed by atoms with van der Waals surface area (Å²) >= 11 is 6.11. The van der Waals surface area contributed by atoms with Crippen molar-refractivity contribution >= 4 is 23.2 Å². The first-order chi connectivity index (χ1) is 12.6. The minimum atomic E-state index is 0.145. The molecule has 0 atom stereocenters. The van der Waals surface area contributed by atoms with Gasteiger partial charge in [0.15, 0.2) is 0 Å². The predicted octanol–water partition coefficient (Wildman–Crippen LogP) is 3.74. The number of ether oxygens (including phenoxy) is 2. The first kappa shape index (κ1) is 18.4. The number of amides is 1. The Bertz CT molecular complexity index is 795. The van der Waals surface area contributed by atoms with Crippen LogP contribution in [0.4, 0.5) is 5.69 Å². The summed E-state index contributed by atoms with van der Waals surface area (Å²) in [5.41, 5.74) is 3.34. The van der Waals surface area contributed by atoms with Crippen molar-refractivity contribution in [2.24, 2.45) is 0 Å². The lowest BCUT2D eigenvalue weighted by Gasteiger charge is -2.29. The molecular weight excluding hydrogens is 352 g/mol. The van der Waals surface area contributed by atoms with E-state index in [0.717, 1.165) is 18.7 Å². The van der Waals surface area contributed by atoms with Crippen LogP contribution in [0, 0.1) is 0 Å². The third-order valence-electron chi connectivity index (χ3n) is 4.61. The number of carbonyl (C=O) groups is 1. The van der Waals surface area contributed by atoms with Crippen LogP contribution in [-0.4, -0.2) is 38.1 Å². The van der Waals surface area contributed by atoms with Gasteiger partial charge in [0.25, 0.3) is 0 Å². The SMILES string of the molecule is COc1cc(NCCC(=O)N2CCc3ccccc3C2)c(OC)cc1Cl. The zero-order valence-electron chi connectivity index (χ0n) is 15.0. The number of hydrogen-bond donors (Lipinski definition) is 1. The molecule has 1 aliphatic heterocycles. The number of hydrogen-bond acceptors (Lipinski definition) is 4. The highest BCUT2D eigenvalue weighted by Crippen LogP contribution is 2.35. The van der Waals surface area contributed by atoms with Gasteiger partial charge in [-0.2, -0.15) is 0 Å². The number of anilines is 1. The molecule has 0 radical (unpaired) electrons. The summed E-state index contributed by atoms with van der Waals surface area (Å²) in [6.45, 7) is 1.97. The Labute approximate surface area is 158 Å². The summed E-state index contributed by atoms with van der Waals surface area (Å²) in [6, 6.07) is 11.8. The zero-order valence-corrected chi connectivity index (χ0v) is 15.8. The average Bonchev–Trinajstić information content (AvgIpc) is 2.68. The van der Waals surface area contributed by atoms with Crippen molar-refractivity contribution in [2.75, 3.05) is 32.6 Å². The van der Waals surface area contributed by atoms with Gasteiger partial charge in [0.2, 0.25) is 5.91 Å². The number of nitrogens with one attached hydrogen (secondary N) is 1. The maximum atomic E-state index is 12.5. The van der Waals surface area contributed by atoms with Crippen LogP contribution in [0.15, 0.2) is 36.4 Å². The number of halogens is 1. The molecule has 6 heteroatoms. The monoisotopic (exact) mass is 374 g/mol. The van der Waals surface area contributed by atoms with Crippen molar-refractivity contribution in [2.45, 2.75) is 19.4 Å².